The van der Waals surface area contributed by atoms with Crippen molar-refractivity contribution in [3.63, 3.8) is 0 Å². The van der Waals surface area contributed by atoms with Gasteiger partial charge in [-0.25, -0.2) is 9.97 Å². The third-order valence-electron chi connectivity index (χ3n) is 7.03. The second-order valence-electron chi connectivity index (χ2n) is 10.4. The minimum Gasteiger partial charge on any atom is -0.443 e. The van der Waals surface area contributed by atoms with Gasteiger partial charge in [0, 0.05) is 23.3 Å². The molecule has 5 atom stereocenters. The summed E-state index contributed by atoms with van der Waals surface area (Å²) >= 11 is 0. The van der Waals surface area contributed by atoms with Gasteiger partial charge in [-0.15, -0.1) is 0 Å². The predicted molar refractivity (Wildman–Crippen MR) is 129 cm³/mol. The Morgan fingerprint density at radius 3 is 2.42 bits per heavy atom. The van der Waals surface area contributed by atoms with Crippen molar-refractivity contribution >= 4 is 48.4 Å². The lowest BCUT2D eigenvalue weighted by atomic mass is 9.48. The quantitative estimate of drug-likeness (QED) is 0.215. The van der Waals surface area contributed by atoms with Crippen molar-refractivity contribution in [1.82, 2.24) is 24.3 Å². The number of ether oxygens (including phenoxy) is 2. The first-order valence-electron chi connectivity index (χ1n) is 11.0. The first kappa shape index (κ1) is 25.1. The first-order valence-corrected chi connectivity index (χ1v) is 11.0. The lowest BCUT2D eigenvalue weighted by molar-refractivity contribution is -0.156. The number of hydrogen-bond acceptors (Lipinski definition) is 9. The SMILES string of the molecule is [B]C1(O)C([B])(O)C2([B])OC2(Cn2cc(-c3ncnc4c3ccn4COC(=O)C(C)(C)C)cn2)C1([B])O. The highest BCUT2D eigenvalue weighted by Crippen LogP contribution is 2.68. The fourth-order valence-electron chi connectivity index (χ4n) is 4.63. The van der Waals surface area contributed by atoms with Gasteiger partial charge in [-0.3, -0.25) is 14.0 Å². The number of carbonyl (C=O) groups is 1. The Morgan fingerprint density at radius 1 is 1.11 bits per heavy atom. The van der Waals surface area contributed by atoms with Crippen LogP contribution < -0.4 is 0 Å². The minimum atomic E-state index is -2.87. The number of nitrogens with zero attached hydrogens (tertiary/aromatic N) is 5. The van der Waals surface area contributed by atoms with Crippen molar-refractivity contribution in [3.05, 3.63) is 31.0 Å². The number of esters is 1. The number of rotatable bonds is 5. The third-order valence-corrected chi connectivity index (χ3v) is 7.03. The van der Waals surface area contributed by atoms with Crippen LogP contribution in [0.5, 0.6) is 0 Å². The first-order chi connectivity index (χ1) is 16.5. The van der Waals surface area contributed by atoms with Gasteiger partial charge in [-0.05, 0) is 26.8 Å². The van der Waals surface area contributed by atoms with Crippen LogP contribution in [-0.4, -0.2) is 105 Å². The predicted octanol–water partition coefficient (Wildman–Crippen LogP) is -1.94. The Balaban J connectivity index is 1.42. The summed E-state index contributed by atoms with van der Waals surface area (Å²) in [7, 11) is 23.3. The minimum absolute atomic E-state index is 0.0210. The van der Waals surface area contributed by atoms with Gasteiger partial charge < -0.3 is 24.8 Å². The zero-order chi connectivity index (χ0) is 26.5. The van der Waals surface area contributed by atoms with Gasteiger partial charge in [0.2, 0.25) is 0 Å². The number of aromatic nitrogens is 5. The smallest absolute Gasteiger partial charge is 0.312 e. The Morgan fingerprint density at radius 2 is 1.81 bits per heavy atom. The fraction of sp³-hybridized carbons (Fsp3) is 0.524. The molecular weight excluding hydrogens is 462 g/mol. The molecule has 1 saturated heterocycles. The Kier molecular flexibility index (Phi) is 5.04. The molecule has 1 aliphatic carbocycles. The number of hydrogen-bond donors (Lipinski definition) is 3. The molecule has 4 heterocycles. The largest absolute Gasteiger partial charge is 0.443 e. The zero-order valence-electron chi connectivity index (χ0n) is 19.9. The maximum absolute atomic E-state index is 12.1. The molecule has 0 spiro atoms. The van der Waals surface area contributed by atoms with Crippen LogP contribution >= 0.6 is 0 Å². The standard InChI is InChI=1S/C21H21B4N5O6/c1-16(2,3)15(31)35-10-29-5-4-12-13(26-9-27-14(12)29)11-6-28-30(7-11)8-17-18(22,32)19(23,33)20(24,34)21(17,25)36-17/h4-7,9,32-34H,8,10H2,1-3H3. The fourth-order valence-corrected chi connectivity index (χ4v) is 4.63. The number of epoxide rings is 1. The van der Waals surface area contributed by atoms with Gasteiger partial charge in [-0.1, -0.05) is 0 Å². The van der Waals surface area contributed by atoms with Gasteiger partial charge in [0.15, 0.2) is 6.73 Å². The van der Waals surface area contributed by atoms with E-state index >= 15 is 0 Å². The number of fused-ring (bicyclic) bond motifs is 2. The molecule has 178 valence electrons. The molecular formula is C21H21B4N5O6. The lowest BCUT2D eigenvalue weighted by Crippen LogP contribution is -2.70. The van der Waals surface area contributed by atoms with E-state index in [9.17, 15) is 20.1 Å². The summed E-state index contributed by atoms with van der Waals surface area (Å²) in [5, 5.41) is 36.7. The van der Waals surface area contributed by atoms with Crippen molar-refractivity contribution in [3.8, 4) is 11.3 Å². The summed E-state index contributed by atoms with van der Waals surface area (Å²) in [5.74, 6) is -0.349. The molecule has 2 aliphatic rings. The Hall–Kier alpha value is -2.60. The monoisotopic (exact) mass is 483 g/mol. The molecule has 3 N–H and O–H groups in total. The molecule has 2 fully saturated rings. The van der Waals surface area contributed by atoms with E-state index in [1.165, 1.54) is 17.2 Å². The van der Waals surface area contributed by atoms with E-state index in [4.69, 9.17) is 40.9 Å². The van der Waals surface area contributed by atoms with Crippen LogP contribution in [0.1, 0.15) is 20.8 Å². The molecule has 5 rings (SSSR count). The topological polar surface area (TPSA) is 148 Å². The summed E-state index contributed by atoms with van der Waals surface area (Å²) in [6.07, 6.45) is 6.17. The zero-order valence-corrected chi connectivity index (χ0v) is 19.9. The lowest BCUT2D eigenvalue weighted by Gasteiger charge is -2.46. The van der Waals surface area contributed by atoms with E-state index in [0.29, 0.717) is 22.3 Å². The molecule has 8 radical (unpaired) electrons. The van der Waals surface area contributed by atoms with Gasteiger partial charge >= 0.3 is 5.97 Å². The molecule has 5 unspecified atom stereocenters. The maximum atomic E-state index is 12.1. The van der Waals surface area contributed by atoms with Crippen molar-refractivity contribution in [1.29, 1.82) is 0 Å². The molecule has 0 amide bonds. The molecule has 11 nitrogen and oxygen atoms in total. The normalized spacial score (nSPS) is 35.6. The van der Waals surface area contributed by atoms with E-state index in [-0.39, 0.29) is 19.2 Å². The highest BCUT2D eigenvalue weighted by molar-refractivity contribution is 6.39. The summed E-state index contributed by atoms with van der Waals surface area (Å²) in [6.45, 7) is 4.98. The van der Waals surface area contributed by atoms with Crippen LogP contribution in [0.15, 0.2) is 31.0 Å². The molecule has 3 aromatic heterocycles. The molecule has 0 bridgehead atoms. The molecule has 15 heteroatoms. The summed E-state index contributed by atoms with van der Waals surface area (Å²) < 4.78 is 13.8. The summed E-state index contributed by atoms with van der Waals surface area (Å²) in [4.78, 5) is 20.8. The van der Waals surface area contributed by atoms with Gasteiger partial charge in [0.05, 0.1) is 45.9 Å². The number of aliphatic hydroxyl groups is 3. The van der Waals surface area contributed by atoms with E-state index in [1.54, 1.807) is 43.8 Å². The Labute approximate surface area is 211 Å². The Bertz CT molecular complexity index is 1380. The third kappa shape index (κ3) is 3.00. The van der Waals surface area contributed by atoms with Crippen molar-refractivity contribution in [2.45, 2.75) is 61.6 Å². The van der Waals surface area contributed by atoms with E-state index in [0.717, 1.165) is 0 Å². The van der Waals surface area contributed by atoms with Gasteiger partial charge in [0.25, 0.3) is 0 Å². The van der Waals surface area contributed by atoms with Crippen LogP contribution in [0, 0.1) is 5.41 Å². The van der Waals surface area contributed by atoms with Crippen LogP contribution in [0.4, 0.5) is 0 Å². The second kappa shape index (κ2) is 7.25. The number of carbonyl (C=O) groups excluding carboxylic acids is 1. The van der Waals surface area contributed by atoms with Crippen molar-refractivity contribution in [2.24, 2.45) is 5.41 Å². The van der Waals surface area contributed by atoms with Crippen LogP contribution in [0.3, 0.4) is 0 Å². The molecule has 3 aromatic rings. The molecule has 36 heavy (non-hydrogen) atoms. The van der Waals surface area contributed by atoms with E-state index in [1.807, 2.05) is 0 Å². The highest BCUT2D eigenvalue weighted by Gasteiger charge is 2.91. The van der Waals surface area contributed by atoms with Gasteiger partial charge in [-0.2, -0.15) is 5.10 Å². The van der Waals surface area contributed by atoms with E-state index in [2.05, 4.69) is 15.1 Å². The maximum Gasteiger partial charge on any atom is 0.312 e. The van der Waals surface area contributed by atoms with E-state index < -0.39 is 33.0 Å². The highest BCUT2D eigenvalue weighted by atomic mass is 16.7. The summed E-state index contributed by atoms with van der Waals surface area (Å²) in [6, 6.07) is 1.78. The average molecular weight is 483 g/mol. The van der Waals surface area contributed by atoms with Crippen molar-refractivity contribution < 1.29 is 29.6 Å². The van der Waals surface area contributed by atoms with Gasteiger partial charge in [0.1, 0.15) is 49.0 Å². The van der Waals surface area contributed by atoms with Crippen LogP contribution in [0.25, 0.3) is 22.3 Å². The second-order valence-corrected chi connectivity index (χ2v) is 10.4. The molecule has 1 aliphatic heterocycles. The van der Waals surface area contributed by atoms with Crippen LogP contribution in [0.2, 0.25) is 0 Å². The average Bonchev–Trinajstić information content (AvgIpc) is 3.09. The molecule has 1 saturated carbocycles. The van der Waals surface area contributed by atoms with Crippen LogP contribution in [-0.2, 0) is 27.5 Å². The van der Waals surface area contributed by atoms with Crippen molar-refractivity contribution in [2.75, 3.05) is 0 Å². The molecule has 0 aromatic carbocycles. The summed E-state index contributed by atoms with van der Waals surface area (Å²) in [5.41, 5.74) is -11.4.